The van der Waals surface area contributed by atoms with Crippen LogP contribution in [0.5, 0.6) is 0 Å². The van der Waals surface area contributed by atoms with Crippen LogP contribution in [0.25, 0.3) is 0 Å². The van der Waals surface area contributed by atoms with Gasteiger partial charge < -0.3 is 20.1 Å². The Kier molecular flexibility index (Phi) is 5.37. The maximum absolute atomic E-state index is 13.1. The summed E-state index contributed by atoms with van der Waals surface area (Å²) in [7, 11) is 0. The fourth-order valence-electron chi connectivity index (χ4n) is 8.61. The molecule has 0 saturated heterocycles. The van der Waals surface area contributed by atoms with E-state index in [0.717, 1.165) is 25.7 Å². The van der Waals surface area contributed by atoms with Crippen LogP contribution in [-0.2, 0) is 14.3 Å². The van der Waals surface area contributed by atoms with E-state index in [-0.39, 0.29) is 35.5 Å². The predicted molar refractivity (Wildman–Crippen MR) is 126 cm³/mol. The van der Waals surface area contributed by atoms with Gasteiger partial charge in [0.25, 0.3) is 0 Å². The number of cyclic esters (lactones) is 1. The number of ether oxygens (including phenoxy) is 1. The molecule has 0 spiro atoms. The molecule has 5 rings (SSSR count). The Bertz CT molecular complexity index is 1020. The van der Waals surface area contributed by atoms with Crippen LogP contribution < -0.4 is 0 Å². The molecule has 186 valence electrons. The highest BCUT2D eigenvalue weighted by atomic mass is 16.6. The summed E-state index contributed by atoms with van der Waals surface area (Å²) in [6, 6.07) is 0. The van der Waals surface area contributed by atoms with Crippen LogP contribution in [0.1, 0.15) is 72.6 Å². The summed E-state index contributed by atoms with van der Waals surface area (Å²) in [6.45, 7) is 7.18. The lowest BCUT2D eigenvalue weighted by molar-refractivity contribution is -0.252. The Morgan fingerprint density at radius 2 is 1.88 bits per heavy atom. The van der Waals surface area contributed by atoms with E-state index in [1.165, 1.54) is 5.57 Å². The highest BCUT2D eigenvalue weighted by Crippen LogP contribution is 2.68. The number of rotatable bonds is 3. The second kappa shape index (κ2) is 7.62. The Morgan fingerprint density at radius 1 is 1.18 bits per heavy atom. The summed E-state index contributed by atoms with van der Waals surface area (Å²) in [5.74, 6) is 0.245. The average molecular weight is 471 g/mol. The zero-order valence-electron chi connectivity index (χ0n) is 20.8. The summed E-state index contributed by atoms with van der Waals surface area (Å²) in [6.07, 6.45) is 9.85. The van der Waals surface area contributed by atoms with Crippen molar-refractivity contribution in [2.75, 3.05) is 6.61 Å². The fraction of sp³-hybridized carbons (Fsp3) is 0.714. The van der Waals surface area contributed by atoms with Gasteiger partial charge in [0.15, 0.2) is 5.78 Å². The van der Waals surface area contributed by atoms with Crippen LogP contribution in [0.3, 0.4) is 0 Å². The van der Waals surface area contributed by atoms with E-state index in [9.17, 15) is 24.9 Å². The van der Waals surface area contributed by atoms with Crippen molar-refractivity contribution in [3.05, 3.63) is 34.9 Å². The van der Waals surface area contributed by atoms with E-state index >= 15 is 0 Å². The van der Waals surface area contributed by atoms with E-state index in [0.29, 0.717) is 18.4 Å². The number of fused-ring (bicyclic) bond motifs is 5. The summed E-state index contributed by atoms with van der Waals surface area (Å²) in [4.78, 5) is 25.6. The summed E-state index contributed by atoms with van der Waals surface area (Å²) in [5, 5.41) is 33.7. The van der Waals surface area contributed by atoms with Gasteiger partial charge in [-0.15, -0.1) is 0 Å². The topological polar surface area (TPSA) is 104 Å². The summed E-state index contributed by atoms with van der Waals surface area (Å²) < 4.78 is 5.61. The number of esters is 1. The van der Waals surface area contributed by atoms with Crippen molar-refractivity contribution in [1.82, 2.24) is 0 Å². The third-order valence-electron chi connectivity index (χ3n) is 10.9. The molecule has 3 N–H and O–H groups in total. The zero-order valence-corrected chi connectivity index (χ0v) is 20.8. The average Bonchev–Trinajstić information content (AvgIpc) is 3.07. The number of aliphatic hydroxyl groups is 3. The number of carbonyl (C=O) groups excluding carboxylic acids is 2. The van der Waals surface area contributed by atoms with Gasteiger partial charge in [-0.05, 0) is 83.1 Å². The van der Waals surface area contributed by atoms with Crippen molar-refractivity contribution in [2.24, 2.45) is 28.6 Å². The van der Waals surface area contributed by atoms with Crippen LogP contribution in [-0.4, -0.2) is 51.0 Å². The predicted octanol–water partition coefficient (Wildman–Crippen LogP) is 3.40. The van der Waals surface area contributed by atoms with Crippen molar-refractivity contribution in [2.45, 2.75) is 89.9 Å². The van der Waals surface area contributed by atoms with E-state index in [1.807, 2.05) is 6.08 Å². The number of hydrogen-bond donors (Lipinski definition) is 3. The van der Waals surface area contributed by atoms with E-state index in [2.05, 4.69) is 19.9 Å². The molecule has 5 aliphatic rings. The van der Waals surface area contributed by atoms with E-state index in [4.69, 9.17) is 4.74 Å². The Morgan fingerprint density at radius 3 is 2.56 bits per heavy atom. The minimum absolute atomic E-state index is 0.167. The molecule has 0 aromatic heterocycles. The molecule has 0 radical (unpaired) electrons. The Balaban J connectivity index is 1.48. The monoisotopic (exact) mass is 470 g/mol. The molecule has 6 nitrogen and oxygen atoms in total. The van der Waals surface area contributed by atoms with E-state index in [1.54, 1.807) is 19.9 Å². The van der Waals surface area contributed by atoms with Crippen molar-refractivity contribution < 1.29 is 29.6 Å². The molecule has 6 heteroatoms. The summed E-state index contributed by atoms with van der Waals surface area (Å²) >= 11 is 0. The molecule has 0 aromatic rings. The largest absolute Gasteiger partial charge is 0.455 e. The van der Waals surface area contributed by atoms with Crippen LogP contribution in [0.4, 0.5) is 0 Å². The maximum atomic E-state index is 13.1. The number of ketones is 1. The zero-order chi connectivity index (χ0) is 24.7. The molecule has 2 fully saturated rings. The fourth-order valence-corrected chi connectivity index (χ4v) is 8.61. The molecule has 1 aliphatic heterocycles. The van der Waals surface area contributed by atoms with Gasteiger partial charge >= 0.3 is 5.97 Å². The molecule has 8 atom stereocenters. The molecular weight excluding hydrogens is 432 g/mol. The van der Waals surface area contributed by atoms with Crippen LogP contribution in [0, 0.1) is 28.6 Å². The third kappa shape index (κ3) is 2.85. The third-order valence-corrected chi connectivity index (χ3v) is 10.9. The van der Waals surface area contributed by atoms with Crippen LogP contribution in [0.2, 0.25) is 0 Å². The van der Waals surface area contributed by atoms with Crippen LogP contribution >= 0.6 is 0 Å². The van der Waals surface area contributed by atoms with Crippen molar-refractivity contribution >= 4 is 11.8 Å². The summed E-state index contributed by atoms with van der Waals surface area (Å²) in [5.41, 5.74) is -1.94. The number of aliphatic hydroxyl groups excluding tert-OH is 1. The first-order valence-electron chi connectivity index (χ1n) is 12.8. The quantitative estimate of drug-likeness (QED) is 0.431. The molecule has 0 aromatic carbocycles. The molecule has 0 bridgehead atoms. The Hall–Kier alpha value is -1.76. The first-order chi connectivity index (χ1) is 15.9. The normalized spacial score (nSPS) is 45.7. The molecule has 1 heterocycles. The van der Waals surface area contributed by atoms with Gasteiger partial charge in [-0.3, -0.25) is 4.79 Å². The van der Waals surface area contributed by atoms with Gasteiger partial charge in [-0.2, -0.15) is 0 Å². The standard InChI is InChI=1S/C28H38O6/c1-16-14-23(34-24(31)19(16)15-29)27(4,32)28(33)13-11-20-18-9-8-17-6-5-7-22(30)26(17,3)21(18)10-12-25(20,28)2/h5,7-8,18,20-21,23,29,32-33H,6,9-15H2,1-4H3/t18-,20-,21-,23?,25-,26-,27-,28+/m0/s1. The van der Waals surface area contributed by atoms with Gasteiger partial charge in [0, 0.05) is 11.8 Å². The second-order valence-corrected chi connectivity index (χ2v) is 12.0. The molecule has 34 heavy (non-hydrogen) atoms. The van der Waals surface area contributed by atoms with Gasteiger partial charge in [0.05, 0.1) is 17.6 Å². The van der Waals surface area contributed by atoms with Gasteiger partial charge in [0.2, 0.25) is 0 Å². The lowest BCUT2D eigenvalue weighted by Gasteiger charge is -2.60. The molecular formula is C28H38O6. The first kappa shape index (κ1) is 24.0. The molecule has 2 saturated carbocycles. The van der Waals surface area contributed by atoms with Gasteiger partial charge in [-0.25, -0.2) is 4.79 Å². The van der Waals surface area contributed by atoms with Gasteiger partial charge in [-0.1, -0.05) is 30.2 Å². The lowest BCUT2D eigenvalue weighted by atomic mass is 9.46. The van der Waals surface area contributed by atoms with Crippen LogP contribution in [0.15, 0.2) is 34.9 Å². The smallest absolute Gasteiger partial charge is 0.336 e. The number of hydrogen-bond acceptors (Lipinski definition) is 6. The Labute approximate surface area is 201 Å². The second-order valence-electron chi connectivity index (χ2n) is 12.0. The maximum Gasteiger partial charge on any atom is 0.336 e. The molecule has 1 unspecified atom stereocenters. The van der Waals surface area contributed by atoms with Crippen molar-refractivity contribution in [1.29, 1.82) is 0 Å². The van der Waals surface area contributed by atoms with Crippen molar-refractivity contribution in [3.8, 4) is 0 Å². The van der Waals surface area contributed by atoms with E-state index < -0.39 is 40.7 Å². The minimum atomic E-state index is -1.65. The molecule has 0 amide bonds. The SMILES string of the molecule is CC1=C(CO)C(=O)OC([C@](C)(O)[C@@]2(O)CC[C@H]3[C@@H]4CC=C5CC=CC(=O)[C@]5(C)[C@H]4CC[C@@]32C)C1. The van der Waals surface area contributed by atoms with Crippen molar-refractivity contribution in [3.63, 3.8) is 0 Å². The highest BCUT2D eigenvalue weighted by Gasteiger charge is 2.70. The molecule has 4 aliphatic carbocycles. The number of allylic oxidation sites excluding steroid dienone is 4. The number of carbonyl (C=O) groups is 2. The minimum Gasteiger partial charge on any atom is -0.455 e. The first-order valence-corrected chi connectivity index (χ1v) is 12.8. The lowest BCUT2D eigenvalue weighted by Crippen LogP contribution is -2.68. The van der Waals surface area contributed by atoms with Gasteiger partial charge in [0.1, 0.15) is 17.3 Å². The highest BCUT2D eigenvalue weighted by molar-refractivity contribution is 5.98.